The van der Waals surface area contributed by atoms with E-state index in [1.54, 1.807) is 0 Å². The molecule has 3 amide bonds. The fraction of sp³-hybridized carbons (Fsp3) is 0.0556. The number of hydrogen-bond acceptors (Lipinski definition) is 9. The minimum atomic E-state index is -1.83. The van der Waals surface area contributed by atoms with E-state index in [0.29, 0.717) is 4.90 Å². The van der Waals surface area contributed by atoms with Gasteiger partial charge in [-0.1, -0.05) is 12.1 Å². The molecular formula is C18H14N8O7. The van der Waals surface area contributed by atoms with E-state index in [0.717, 1.165) is 18.2 Å². The third-order valence-corrected chi connectivity index (χ3v) is 4.32. The first-order valence-electron chi connectivity index (χ1n) is 8.94. The van der Waals surface area contributed by atoms with Gasteiger partial charge in [-0.15, -0.1) is 10.2 Å². The van der Waals surface area contributed by atoms with E-state index in [4.69, 9.17) is 11.5 Å². The Kier molecular flexibility index (Phi) is 6.05. The van der Waals surface area contributed by atoms with Gasteiger partial charge in [0.25, 0.3) is 23.2 Å². The van der Waals surface area contributed by atoms with Crippen LogP contribution >= 0.6 is 0 Å². The van der Waals surface area contributed by atoms with Crippen LogP contribution in [0.3, 0.4) is 0 Å². The Morgan fingerprint density at radius 1 is 1.00 bits per heavy atom. The lowest BCUT2D eigenvalue weighted by Crippen LogP contribution is -2.34. The molecule has 2 aromatic carbocycles. The number of carbonyl (C=O) groups excluding carboxylic acids is 3. The van der Waals surface area contributed by atoms with Gasteiger partial charge in [-0.3, -0.25) is 34.6 Å². The van der Waals surface area contributed by atoms with Crippen LogP contribution in [-0.2, 0) is 14.4 Å². The Morgan fingerprint density at radius 2 is 1.61 bits per heavy atom. The molecule has 1 fully saturated rings. The average Bonchev–Trinajstić information content (AvgIpc) is 3.01. The highest BCUT2D eigenvalue weighted by Crippen LogP contribution is 2.29. The van der Waals surface area contributed by atoms with Gasteiger partial charge in [0.15, 0.2) is 11.6 Å². The molecule has 3 rings (SSSR count). The van der Waals surface area contributed by atoms with Gasteiger partial charge in [0.2, 0.25) is 11.9 Å². The lowest BCUT2D eigenvalue weighted by Gasteiger charge is -2.14. The third-order valence-electron chi connectivity index (χ3n) is 4.32. The number of anilines is 2. The topological polar surface area (TPSA) is 230 Å². The van der Waals surface area contributed by atoms with E-state index in [2.05, 4.69) is 15.5 Å². The third kappa shape index (κ3) is 4.61. The molecule has 1 saturated heterocycles. The molecule has 15 heteroatoms. The number of amides is 3. The summed E-state index contributed by atoms with van der Waals surface area (Å²) in [6, 6.07) is 9.49. The summed E-state index contributed by atoms with van der Waals surface area (Å²) in [5, 5.41) is 31.2. The Balaban J connectivity index is 2.02. The van der Waals surface area contributed by atoms with Gasteiger partial charge >= 0.3 is 0 Å². The molecule has 1 aliphatic rings. The fourth-order valence-electron chi connectivity index (χ4n) is 2.93. The van der Waals surface area contributed by atoms with Gasteiger partial charge in [-0.05, 0) is 12.1 Å². The number of hydrogen-bond donors (Lipinski definition) is 3. The number of guanidine groups is 1. The molecule has 0 spiro atoms. The number of nitro benzene ring substituents is 2. The van der Waals surface area contributed by atoms with E-state index in [1.807, 2.05) is 0 Å². The molecule has 0 radical (unpaired) electrons. The number of rotatable bonds is 6. The van der Waals surface area contributed by atoms with Crippen LogP contribution in [0, 0.1) is 26.1 Å². The smallest absolute Gasteiger partial charge is 0.282 e. The van der Waals surface area contributed by atoms with Crippen LogP contribution in [0.15, 0.2) is 58.7 Å². The Hall–Kier alpha value is -5.21. The van der Waals surface area contributed by atoms with E-state index in [9.17, 15) is 34.6 Å². The molecule has 0 saturated carbocycles. The molecule has 1 atom stereocenters. The number of carbonyl (C=O) groups is 3. The van der Waals surface area contributed by atoms with Crippen LogP contribution in [0.2, 0.25) is 0 Å². The van der Waals surface area contributed by atoms with E-state index in [1.165, 1.54) is 30.3 Å². The number of non-ortho nitro benzene ring substituents is 2. The minimum absolute atomic E-state index is 0.0237. The highest BCUT2D eigenvalue weighted by Gasteiger charge is 2.50. The summed E-state index contributed by atoms with van der Waals surface area (Å²) >= 11 is 0. The predicted octanol–water partition coefficient (Wildman–Crippen LogP) is 0.261. The highest BCUT2D eigenvalue weighted by atomic mass is 16.6. The zero-order valence-electron chi connectivity index (χ0n) is 16.4. The van der Waals surface area contributed by atoms with E-state index in [-0.39, 0.29) is 17.1 Å². The predicted molar refractivity (Wildman–Crippen MR) is 114 cm³/mol. The first-order chi connectivity index (χ1) is 15.6. The van der Waals surface area contributed by atoms with Crippen molar-refractivity contribution < 1.29 is 24.2 Å². The summed E-state index contributed by atoms with van der Waals surface area (Å²) in [6.07, 6.45) is 0. The molecule has 33 heavy (non-hydrogen) atoms. The minimum Gasteiger partial charge on any atom is -0.369 e. The molecule has 1 heterocycles. The SMILES string of the molecule is NC(N)=N/N=C1\C(=O)N(c2cccc([N+](=O)[O-])c2)C(=O)[C@@H]1C(=O)Nc1cccc([N+](=O)[O-])c1. The largest absolute Gasteiger partial charge is 0.369 e. The second kappa shape index (κ2) is 8.88. The molecule has 0 aliphatic carbocycles. The molecule has 0 bridgehead atoms. The lowest BCUT2D eigenvalue weighted by atomic mass is 10.0. The summed E-state index contributed by atoms with van der Waals surface area (Å²) in [6.45, 7) is 0. The van der Waals surface area contributed by atoms with Crippen molar-refractivity contribution in [1.29, 1.82) is 0 Å². The number of imide groups is 1. The van der Waals surface area contributed by atoms with Crippen molar-refractivity contribution in [3.05, 3.63) is 68.8 Å². The van der Waals surface area contributed by atoms with Gasteiger partial charge < -0.3 is 16.8 Å². The van der Waals surface area contributed by atoms with Crippen LogP contribution in [0.1, 0.15) is 0 Å². The van der Waals surface area contributed by atoms with Crippen molar-refractivity contribution in [2.45, 2.75) is 0 Å². The summed E-state index contributed by atoms with van der Waals surface area (Å²) in [7, 11) is 0. The van der Waals surface area contributed by atoms with Crippen LogP contribution in [-0.4, -0.2) is 39.2 Å². The molecule has 15 nitrogen and oxygen atoms in total. The van der Waals surface area contributed by atoms with Crippen molar-refractivity contribution in [3.63, 3.8) is 0 Å². The zero-order valence-corrected chi connectivity index (χ0v) is 16.4. The zero-order chi connectivity index (χ0) is 24.3. The van der Waals surface area contributed by atoms with Gasteiger partial charge in [-0.2, -0.15) is 0 Å². The molecule has 168 valence electrons. The summed E-state index contributed by atoms with van der Waals surface area (Å²) in [5.74, 6) is -5.60. The van der Waals surface area contributed by atoms with Crippen LogP contribution in [0.25, 0.3) is 0 Å². The number of nitrogens with two attached hydrogens (primary N) is 2. The molecular weight excluding hydrogens is 440 g/mol. The van der Waals surface area contributed by atoms with Crippen molar-refractivity contribution in [3.8, 4) is 0 Å². The summed E-state index contributed by atoms with van der Waals surface area (Å²) in [4.78, 5) is 59.9. The normalized spacial score (nSPS) is 16.5. The monoisotopic (exact) mass is 454 g/mol. The van der Waals surface area contributed by atoms with Crippen LogP contribution in [0.5, 0.6) is 0 Å². The molecule has 2 aromatic rings. The Morgan fingerprint density at radius 3 is 2.21 bits per heavy atom. The lowest BCUT2D eigenvalue weighted by molar-refractivity contribution is -0.385. The van der Waals surface area contributed by atoms with E-state index < -0.39 is 50.8 Å². The standard InChI is InChI=1S/C18H14N8O7/c19-18(20)23-22-14-13(15(27)21-9-3-1-5-11(7-9)25(30)31)16(28)24(17(14)29)10-4-2-6-12(8-10)26(32)33/h1-8,13H,(H,21,27)(H4,19,20,23)/b22-14-/t13-/m0/s1. The maximum atomic E-state index is 13.0. The molecule has 0 unspecified atom stereocenters. The number of benzene rings is 2. The quantitative estimate of drug-likeness (QED) is 0.135. The van der Waals surface area contributed by atoms with Crippen LogP contribution < -0.4 is 21.7 Å². The second-order valence-electron chi connectivity index (χ2n) is 6.50. The van der Waals surface area contributed by atoms with Gasteiger partial charge in [0, 0.05) is 30.0 Å². The first kappa shape index (κ1) is 22.5. The van der Waals surface area contributed by atoms with E-state index >= 15 is 0 Å². The fourth-order valence-corrected chi connectivity index (χ4v) is 2.93. The summed E-state index contributed by atoms with van der Waals surface area (Å²) in [5.41, 5.74) is 8.84. The maximum Gasteiger partial charge on any atom is 0.282 e. The summed E-state index contributed by atoms with van der Waals surface area (Å²) < 4.78 is 0. The maximum absolute atomic E-state index is 13.0. The Bertz CT molecular complexity index is 1250. The van der Waals surface area contributed by atoms with Crippen molar-refractivity contribution >= 4 is 52.1 Å². The Labute approximate surface area is 183 Å². The number of nitrogens with zero attached hydrogens (tertiary/aromatic N) is 5. The van der Waals surface area contributed by atoms with Crippen molar-refractivity contribution in [2.24, 2.45) is 27.6 Å². The van der Waals surface area contributed by atoms with Gasteiger partial charge in [-0.25, -0.2) is 4.90 Å². The van der Waals surface area contributed by atoms with Gasteiger partial charge in [0.1, 0.15) is 0 Å². The number of nitro groups is 2. The van der Waals surface area contributed by atoms with Crippen molar-refractivity contribution in [2.75, 3.05) is 10.2 Å². The van der Waals surface area contributed by atoms with Crippen LogP contribution in [0.4, 0.5) is 22.7 Å². The first-order valence-corrected chi connectivity index (χ1v) is 8.94. The van der Waals surface area contributed by atoms with Crippen molar-refractivity contribution in [1.82, 2.24) is 0 Å². The average molecular weight is 454 g/mol. The molecule has 0 aromatic heterocycles. The highest BCUT2D eigenvalue weighted by molar-refractivity contribution is 6.61. The molecule has 5 N–H and O–H groups in total. The second-order valence-corrected chi connectivity index (χ2v) is 6.50. The number of nitrogens with one attached hydrogen (secondary N) is 1. The molecule has 1 aliphatic heterocycles. The van der Waals surface area contributed by atoms with Gasteiger partial charge in [0.05, 0.1) is 15.5 Å².